The van der Waals surface area contributed by atoms with Crippen molar-refractivity contribution in [3.8, 4) is 0 Å². The number of rotatable bonds is 12. The first-order valence-corrected chi connectivity index (χ1v) is 7.94. The van der Waals surface area contributed by atoms with Crippen molar-refractivity contribution in [1.82, 2.24) is 10.6 Å². The average Bonchev–Trinajstić information content (AvgIpc) is 2.52. The molecular weight excluding hydrogens is 336 g/mol. The van der Waals surface area contributed by atoms with Crippen molar-refractivity contribution in [2.75, 3.05) is 6.54 Å². The average molecular weight is 362 g/mol. The largest absolute Gasteiger partial charge is 0.480 e. The van der Waals surface area contributed by atoms with Crippen molar-refractivity contribution in [3.05, 3.63) is 0 Å². The molecule has 0 fully saturated rings. The molecule has 0 spiro atoms. The molecule has 10 heteroatoms. The normalized spacial score (nSPS) is 15.5. The van der Waals surface area contributed by atoms with Crippen molar-refractivity contribution in [2.24, 2.45) is 0 Å². The van der Waals surface area contributed by atoms with E-state index in [1.54, 1.807) is 0 Å². The van der Waals surface area contributed by atoms with Crippen molar-refractivity contribution >= 4 is 23.8 Å². The Balaban J connectivity index is 4.53. The topological polar surface area (TPSA) is 162 Å². The van der Waals surface area contributed by atoms with Crippen LogP contribution in [0, 0.1) is 0 Å². The van der Waals surface area contributed by atoms with Gasteiger partial charge in [0, 0.05) is 0 Å². The van der Waals surface area contributed by atoms with E-state index in [1.807, 2.05) is 0 Å². The molecule has 0 saturated heterocycles. The second kappa shape index (κ2) is 11.4. The van der Waals surface area contributed by atoms with E-state index < -0.39 is 48.1 Å². The number of esters is 1. The van der Waals surface area contributed by atoms with Crippen LogP contribution in [0.1, 0.15) is 40.0 Å². The van der Waals surface area contributed by atoms with E-state index in [0.717, 1.165) is 0 Å². The first kappa shape index (κ1) is 22.8. The number of aliphatic carboxylic acids is 2. The molecule has 4 atom stereocenters. The first-order chi connectivity index (χ1) is 11.6. The smallest absolute Gasteiger partial charge is 0.344 e. The van der Waals surface area contributed by atoms with E-state index in [-0.39, 0.29) is 6.42 Å². The molecule has 0 saturated carbocycles. The molecule has 0 aromatic heterocycles. The maximum absolute atomic E-state index is 12.0. The Morgan fingerprint density at radius 1 is 1.00 bits per heavy atom. The molecule has 144 valence electrons. The van der Waals surface area contributed by atoms with E-state index in [4.69, 9.17) is 14.9 Å². The van der Waals surface area contributed by atoms with Gasteiger partial charge in [0.2, 0.25) is 5.91 Å². The third-order valence-corrected chi connectivity index (χ3v) is 3.36. The summed E-state index contributed by atoms with van der Waals surface area (Å²) in [5.74, 6) is -3.98. The Kier molecular flexibility index (Phi) is 10.4. The molecule has 0 heterocycles. The molecule has 0 aliphatic heterocycles. The minimum atomic E-state index is -1.36. The monoisotopic (exact) mass is 362 g/mol. The number of carbonyl (C=O) groups is 4. The van der Waals surface area contributed by atoms with E-state index in [0.29, 0.717) is 19.4 Å². The Hall–Kier alpha value is -2.20. The van der Waals surface area contributed by atoms with E-state index in [2.05, 4.69) is 10.6 Å². The third kappa shape index (κ3) is 9.62. The van der Waals surface area contributed by atoms with Crippen LogP contribution in [-0.4, -0.2) is 70.0 Å². The molecule has 25 heavy (non-hydrogen) atoms. The molecule has 5 N–H and O–H groups in total. The fourth-order valence-corrected chi connectivity index (χ4v) is 1.73. The number of aliphatic hydroxyl groups is 1. The van der Waals surface area contributed by atoms with Gasteiger partial charge in [0.05, 0.1) is 0 Å². The van der Waals surface area contributed by atoms with Gasteiger partial charge in [0.25, 0.3) is 0 Å². The highest BCUT2D eigenvalue weighted by molar-refractivity contribution is 5.87. The van der Waals surface area contributed by atoms with Crippen LogP contribution in [-0.2, 0) is 23.9 Å². The lowest BCUT2D eigenvalue weighted by atomic mass is 10.1. The lowest BCUT2D eigenvalue weighted by Gasteiger charge is -2.20. The maximum Gasteiger partial charge on any atom is 0.344 e. The number of carboxylic acid groups (broad SMARTS) is 2. The SMILES string of the molecule is C[C@H](O)C(=O)N[C@H](CCCCN[C@H](C)C(=O)O)C(=O)O[C@H](C)C(=O)O. The molecule has 0 aromatic rings. The predicted molar refractivity (Wildman–Crippen MR) is 85.8 cm³/mol. The van der Waals surface area contributed by atoms with Crippen LogP contribution in [0.3, 0.4) is 0 Å². The van der Waals surface area contributed by atoms with Gasteiger partial charge in [-0.2, -0.15) is 0 Å². The number of nitrogens with one attached hydrogen (secondary N) is 2. The summed E-state index contributed by atoms with van der Waals surface area (Å²) in [7, 11) is 0. The van der Waals surface area contributed by atoms with Gasteiger partial charge in [0.1, 0.15) is 18.2 Å². The van der Waals surface area contributed by atoms with Crippen LogP contribution in [0.5, 0.6) is 0 Å². The summed E-state index contributed by atoms with van der Waals surface area (Å²) in [5.41, 5.74) is 0. The highest BCUT2D eigenvalue weighted by Crippen LogP contribution is 2.06. The zero-order valence-electron chi connectivity index (χ0n) is 14.5. The van der Waals surface area contributed by atoms with Crippen LogP contribution in [0.4, 0.5) is 0 Å². The number of carboxylic acids is 2. The van der Waals surface area contributed by atoms with Gasteiger partial charge < -0.3 is 30.7 Å². The van der Waals surface area contributed by atoms with Gasteiger partial charge in [-0.3, -0.25) is 9.59 Å². The van der Waals surface area contributed by atoms with Crippen LogP contribution in [0.25, 0.3) is 0 Å². The summed E-state index contributed by atoms with van der Waals surface area (Å²) in [6, 6.07) is -1.80. The van der Waals surface area contributed by atoms with Gasteiger partial charge >= 0.3 is 17.9 Å². The summed E-state index contributed by atoms with van der Waals surface area (Å²) in [6.45, 7) is 4.31. The minimum Gasteiger partial charge on any atom is -0.480 e. The van der Waals surface area contributed by atoms with Crippen LogP contribution < -0.4 is 10.6 Å². The Morgan fingerprint density at radius 3 is 2.08 bits per heavy atom. The maximum atomic E-state index is 12.0. The minimum absolute atomic E-state index is 0.159. The highest BCUT2D eigenvalue weighted by Gasteiger charge is 2.27. The number of carbonyl (C=O) groups excluding carboxylic acids is 2. The van der Waals surface area contributed by atoms with Crippen molar-refractivity contribution in [2.45, 2.75) is 64.3 Å². The van der Waals surface area contributed by atoms with Crippen molar-refractivity contribution in [3.63, 3.8) is 0 Å². The summed E-state index contributed by atoms with van der Waals surface area (Å²) in [4.78, 5) is 45.0. The Labute approximate surface area is 145 Å². The second-order valence-corrected chi connectivity index (χ2v) is 5.66. The molecule has 0 rings (SSSR count). The fraction of sp³-hybridized carbons (Fsp3) is 0.733. The fourth-order valence-electron chi connectivity index (χ4n) is 1.73. The molecule has 0 aromatic carbocycles. The van der Waals surface area contributed by atoms with Gasteiger partial charge in [-0.15, -0.1) is 0 Å². The molecule has 0 aliphatic carbocycles. The highest BCUT2D eigenvalue weighted by atomic mass is 16.6. The van der Waals surface area contributed by atoms with E-state index in [9.17, 15) is 24.3 Å². The Bertz CT molecular complexity index is 480. The van der Waals surface area contributed by atoms with Crippen LogP contribution in [0.2, 0.25) is 0 Å². The summed E-state index contributed by atoms with van der Waals surface area (Å²) < 4.78 is 4.75. The number of amides is 1. The lowest BCUT2D eigenvalue weighted by Crippen LogP contribution is -2.46. The summed E-state index contributed by atoms with van der Waals surface area (Å²) in [6.07, 6.45) is -1.56. The number of hydrogen-bond donors (Lipinski definition) is 5. The third-order valence-electron chi connectivity index (χ3n) is 3.36. The molecular formula is C15H26N2O8. The first-order valence-electron chi connectivity index (χ1n) is 7.94. The number of unbranched alkanes of at least 4 members (excludes halogenated alkanes) is 1. The van der Waals surface area contributed by atoms with Crippen molar-refractivity contribution in [1.29, 1.82) is 0 Å². The Morgan fingerprint density at radius 2 is 1.60 bits per heavy atom. The lowest BCUT2D eigenvalue weighted by molar-refractivity contribution is -0.164. The van der Waals surface area contributed by atoms with Gasteiger partial charge in [-0.05, 0) is 46.6 Å². The molecule has 1 amide bonds. The number of hydrogen-bond acceptors (Lipinski definition) is 7. The second-order valence-electron chi connectivity index (χ2n) is 5.66. The molecule has 0 unspecified atom stereocenters. The van der Waals surface area contributed by atoms with Crippen LogP contribution in [0.15, 0.2) is 0 Å². The van der Waals surface area contributed by atoms with Gasteiger partial charge in [-0.1, -0.05) is 0 Å². The molecule has 0 aliphatic rings. The molecule has 0 bridgehead atoms. The summed E-state index contributed by atoms with van der Waals surface area (Å²) in [5, 5.41) is 31.8. The number of aliphatic hydroxyl groups excluding tert-OH is 1. The zero-order valence-corrected chi connectivity index (χ0v) is 14.5. The predicted octanol–water partition coefficient (Wildman–Crippen LogP) is -0.899. The van der Waals surface area contributed by atoms with Crippen molar-refractivity contribution < 1.29 is 39.2 Å². The number of ether oxygens (including phenoxy) is 1. The quantitative estimate of drug-likeness (QED) is 0.219. The van der Waals surface area contributed by atoms with E-state index in [1.165, 1.54) is 20.8 Å². The molecule has 0 radical (unpaired) electrons. The molecule has 10 nitrogen and oxygen atoms in total. The van der Waals surface area contributed by atoms with Crippen LogP contribution >= 0.6 is 0 Å². The standard InChI is InChI=1S/C15H26N2O8/c1-8(13(20)21)16-7-5-4-6-11(17-12(19)9(2)18)15(24)25-10(3)14(22)23/h8-11,16,18H,4-7H2,1-3H3,(H,17,19)(H,20,21)(H,22,23)/t8-,9+,10-,11-/m1/s1. The zero-order chi connectivity index (χ0) is 19.6. The van der Waals surface area contributed by atoms with Gasteiger partial charge in [0.15, 0.2) is 6.10 Å². The van der Waals surface area contributed by atoms with Gasteiger partial charge in [-0.25, -0.2) is 9.59 Å². The summed E-state index contributed by atoms with van der Waals surface area (Å²) >= 11 is 0. The van der Waals surface area contributed by atoms with E-state index >= 15 is 0 Å².